The van der Waals surface area contributed by atoms with Crippen LogP contribution in [0.2, 0.25) is 0 Å². The number of nitrogens with zero attached hydrogens (tertiary/aromatic N) is 7. The fourth-order valence-electron chi connectivity index (χ4n) is 5.06. The van der Waals surface area contributed by atoms with Gasteiger partial charge in [-0.2, -0.15) is 10.4 Å². The molecule has 3 aromatic heterocycles. The molecule has 4 heterocycles. The maximum absolute atomic E-state index is 9.95. The first kappa shape index (κ1) is 22.8. The van der Waals surface area contributed by atoms with Crippen molar-refractivity contribution < 1.29 is 5.11 Å². The molecule has 8 heteroatoms. The van der Waals surface area contributed by atoms with Crippen LogP contribution >= 0.6 is 0 Å². The van der Waals surface area contributed by atoms with E-state index in [0.29, 0.717) is 16.6 Å². The highest BCUT2D eigenvalue weighted by Crippen LogP contribution is 2.32. The molecule has 0 spiro atoms. The molecule has 0 saturated carbocycles. The highest BCUT2D eigenvalue weighted by atomic mass is 16.3. The topological polar surface area (TPSA) is 104 Å². The zero-order valence-corrected chi connectivity index (χ0v) is 20.2. The first-order valence-corrected chi connectivity index (χ1v) is 12.3. The molecule has 8 nitrogen and oxygen atoms in total. The second kappa shape index (κ2) is 9.80. The Kier molecular flexibility index (Phi) is 6.05. The summed E-state index contributed by atoms with van der Waals surface area (Å²) < 4.78 is 1.93. The van der Waals surface area contributed by atoms with Crippen LogP contribution in [0, 0.1) is 11.3 Å². The lowest BCUT2D eigenvalue weighted by molar-refractivity contribution is 0.175. The molecular weight excluding hydrogens is 462 g/mol. The van der Waals surface area contributed by atoms with Crippen molar-refractivity contribution in [3.8, 4) is 34.3 Å². The Balaban J connectivity index is 1.15. The fraction of sp³-hybridized carbons (Fsp3) is 0.207. The van der Waals surface area contributed by atoms with E-state index in [1.54, 1.807) is 12.4 Å². The van der Waals surface area contributed by atoms with Crippen molar-refractivity contribution >= 4 is 11.0 Å². The van der Waals surface area contributed by atoms with E-state index in [-0.39, 0.29) is 11.9 Å². The van der Waals surface area contributed by atoms with Crippen LogP contribution in [0.5, 0.6) is 5.88 Å². The molecule has 0 unspecified atom stereocenters. The van der Waals surface area contributed by atoms with Crippen molar-refractivity contribution in [1.29, 1.82) is 5.26 Å². The van der Waals surface area contributed by atoms with Gasteiger partial charge in [0.05, 0.1) is 23.5 Å². The molecule has 182 valence electrons. The van der Waals surface area contributed by atoms with Gasteiger partial charge in [-0.15, -0.1) is 0 Å². The van der Waals surface area contributed by atoms with Crippen LogP contribution in [0.15, 0.2) is 79.4 Å². The molecule has 1 aliphatic heterocycles. The van der Waals surface area contributed by atoms with Crippen molar-refractivity contribution in [2.75, 3.05) is 13.1 Å². The maximum Gasteiger partial charge on any atom is 0.225 e. The van der Waals surface area contributed by atoms with Gasteiger partial charge in [-0.25, -0.2) is 14.6 Å². The molecule has 0 atom stereocenters. The molecule has 2 aromatic carbocycles. The average molecular weight is 488 g/mol. The van der Waals surface area contributed by atoms with Gasteiger partial charge in [-0.3, -0.25) is 9.88 Å². The van der Waals surface area contributed by atoms with E-state index in [1.165, 1.54) is 11.9 Å². The Morgan fingerprint density at radius 2 is 1.70 bits per heavy atom. The lowest BCUT2D eigenvalue weighted by Gasteiger charge is -2.32. The van der Waals surface area contributed by atoms with Gasteiger partial charge >= 0.3 is 0 Å². The van der Waals surface area contributed by atoms with E-state index in [9.17, 15) is 10.4 Å². The van der Waals surface area contributed by atoms with Gasteiger partial charge in [-0.05, 0) is 30.0 Å². The normalized spacial score (nSPS) is 14.6. The number of fused-ring (bicyclic) bond motifs is 1. The Bertz CT molecular complexity index is 1580. The SMILES string of the molecule is N#Cc1cnc(-c2ccc(CN3CCC(n4ncc5c(O)ncnc54)CC3)cc2)c(-c2ccccc2)c1. The molecular formula is C29H25N7O. The summed E-state index contributed by atoms with van der Waals surface area (Å²) in [5, 5.41) is 24.4. The van der Waals surface area contributed by atoms with E-state index in [0.717, 1.165) is 54.9 Å². The summed E-state index contributed by atoms with van der Waals surface area (Å²) in [6.45, 7) is 2.79. The summed E-state index contributed by atoms with van der Waals surface area (Å²) in [6.07, 6.45) is 6.59. The zero-order chi connectivity index (χ0) is 25.2. The quantitative estimate of drug-likeness (QED) is 0.373. The van der Waals surface area contributed by atoms with Crippen LogP contribution in [0.25, 0.3) is 33.4 Å². The van der Waals surface area contributed by atoms with Crippen molar-refractivity contribution in [1.82, 2.24) is 29.6 Å². The van der Waals surface area contributed by atoms with Crippen LogP contribution in [-0.2, 0) is 6.54 Å². The first-order valence-electron chi connectivity index (χ1n) is 12.3. The van der Waals surface area contributed by atoms with E-state index >= 15 is 0 Å². The molecule has 1 N–H and O–H groups in total. The van der Waals surface area contributed by atoms with Gasteiger partial charge in [0.15, 0.2) is 5.65 Å². The molecule has 1 aliphatic rings. The number of likely N-dealkylation sites (tertiary alicyclic amines) is 1. The number of pyridine rings is 1. The largest absolute Gasteiger partial charge is 0.493 e. The van der Waals surface area contributed by atoms with Gasteiger partial charge < -0.3 is 5.11 Å². The summed E-state index contributed by atoms with van der Waals surface area (Å²) in [5.41, 5.74) is 6.39. The lowest BCUT2D eigenvalue weighted by atomic mass is 9.97. The van der Waals surface area contributed by atoms with Crippen molar-refractivity contribution in [2.45, 2.75) is 25.4 Å². The molecule has 6 rings (SSSR count). The molecule has 0 radical (unpaired) electrons. The Labute approximate surface area is 214 Å². The highest BCUT2D eigenvalue weighted by molar-refractivity contribution is 5.81. The molecule has 0 aliphatic carbocycles. The van der Waals surface area contributed by atoms with E-state index in [1.807, 2.05) is 41.1 Å². The average Bonchev–Trinajstić information content (AvgIpc) is 3.40. The predicted octanol–water partition coefficient (Wildman–Crippen LogP) is 4.97. The first-order chi connectivity index (χ1) is 18.2. The summed E-state index contributed by atoms with van der Waals surface area (Å²) in [5.74, 6) is -0.0239. The van der Waals surface area contributed by atoms with Gasteiger partial charge in [0.25, 0.3) is 0 Å². The van der Waals surface area contributed by atoms with Gasteiger partial charge in [0.1, 0.15) is 17.8 Å². The number of benzene rings is 2. The van der Waals surface area contributed by atoms with Crippen molar-refractivity contribution in [3.05, 3.63) is 90.5 Å². The summed E-state index contributed by atoms with van der Waals surface area (Å²) >= 11 is 0. The number of hydrogen-bond donors (Lipinski definition) is 1. The van der Waals surface area contributed by atoms with E-state index < -0.39 is 0 Å². The number of aromatic hydroxyl groups is 1. The van der Waals surface area contributed by atoms with Crippen LogP contribution < -0.4 is 0 Å². The van der Waals surface area contributed by atoms with E-state index in [2.05, 4.69) is 55.3 Å². The molecule has 1 saturated heterocycles. The van der Waals surface area contributed by atoms with E-state index in [4.69, 9.17) is 0 Å². The molecule has 0 bridgehead atoms. The molecule has 37 heavy (non-hydrogen) atoms. The second-order valence-electron chi connectivity index (χ2n) is 9.33. The zero-order valence-electron chi connectivity index (χ0n) is 20.2. The Hall–Kier alpha value is -4.61. The number of hydrogen-bond acceptors (Lipinski definition) is 7. The minimum atomic E-state index is -0.0239. The van der Waals surface area contributed by atoms with Crippen LogP contribution in [0.4, 0.5) is 0 Å². The lowest BCUT2D eigenvalue weighted by Crippen LogP contribution is -2.34. The summed E-state index contributed by atoms with van der Waals surface area (Å²) in [7, 11) is 0. The number of rotatable bonds is 5. The van der Waals surface area contributed by atoms with Crippen molar-refractivity contribution in [2.24, 2.45) is 0 Å². The van der Waals surface area contributed by atoms with Gasteiger partial charge in [-0.1, -0.05) is 54.6 Å². The monoisotopic (exact) mass is 487 g/mol. The van der Waals surface area contributed by atoms with Gasteiger partial charge in [0.2, 0.25) is 5.88 Å². The predicted molar refractivity (Wildman–Crippen MR) is 140 cm³/mol. The van der Waals surface area contributed by atoms with Crippen LogP contribution in [0.3, 0.4) is 0 Å². The Morgan fingerprint density at radius 3 is 2.46 bits per heavy atom. The molecule has 0 amide bonds. The molecule has 5 aromatic rings. The standard InChI is InChI=1S/C29H25N7O/c30-15-21-14-25(22-4-2-1-3-5-22)27(31-16-21)23-8-6-20(7-9-23)18-35-12-10-24(11-13-35)36-28-26(17-34-36)29(37)33-19-32-28/h1-9,14,16-17,19,24H,10-13,18H2,(H,32,33,37). The highest BCUT2D eigenvalue weighted by Gasteiger charge is 2.23. The summed E-state index contributed by atoms with van der Waals surface area (Å²) in [6, 6.07) is 23.0. The van der Waals surface area contributed by atoms with Crippen molar-refractivity contribution in [3.63, 3.8) is 0 Å². The third-order valence-electron chi connectivity index (χ3n) is 7.01. The number of aromatic nitrogens is 5. The fourth-order valence-corrected chi connectivity index (χ4v) is 5.06. The summed E-state index contributed by atoms with van der Waals surface area (Å²) in [4.78, 5) is 15.3. The minimum Gasteiger partial charge on any atom is -0.493 e. The third kappa shape index (κ3) is 4.53. The number of nitriles is 1. The number of piperidine rings is 1. The molecule has 1 fully saturated rings. The Morgan fingerprint density at radius 1 is 0.919 bits per heavy atom. The maximum atomic E-state index is 9.95. The third-order valence-corrected chi connectivity index (χ3v) is 7.01. The van der Waals surface area contributed by atoms with Crippen LogP contribution in [-0.4, -0.2) is 47.8 Å². The second-order valence-corrected chi connectivity index (χ2v) is 9.33. The van der Waals surface area contributed by atoms with Crippen LogP contribution in [0.1, 0.15) is 30.0 Å². The van der Waals surface area contributed by atoms with Gasteiger partial charge in [0, 0.05) is 37.0 Å². The minimum absolute atomic E-state index is 0.0239. The smallest absolute Gasteiger partial charge is 0.225 e.